The molecule has 0 saturated heterocycles. The van der Waals surface area contributed by atoms with Gasteiger partial charge in [0, 0.05) is 5.56 Å². The van der Waals surface area contributed by atoms with Gasteiger partial charge in [0.1, 0.15) is 5.69 Å². The van der Waals surface area contributed by atoms with E-state index in [2.05, 4.69) is 23.2 Å². The number of fused-ring (bicyclic) bond motifs is 2. The van der Waals surface area contributed by atoms with Gasteiger partial charge in [0.2, 0.25) is 0 Å². The molecule has 0 aliphatic carbocycles. The standard InChI is InChI=1S/C25H21N3O3S/c1-15-26-23-24(32-15)22(17-11-12-20(30-2)21(13-17)31-3)27-28(25(23)29)14-18-9-6-8-16-7-4-5-10-19(16)18/h4-13H,14H2,1-3H3. The molecule has 32 heavy (non-hydrogen) atoms. The molecule has 6 nitrogen and oxygen atoms in total. The minimum atomic E-state index is -0.193. The van der Waals surface area contributed by atoms with Crippen molar-refractivity contribution in [2.75, 3.05) is 14.2 Å². The van der Waals surface area contributed by atoms with E-state index in [0.29, 0.717) is 29.3 Å². The lowest BCUT2D eigenvalue weighted by Crippen LogP contribution is -2.24. The molecule has 0 N–H and O–H groups in total. The second kappa shape index (κ2) is 8.09. The van der Waals surface area contributed by atoms with Crippen LogP contribution in [0, 0.1) is 6.92 Å². The van der Waals surface area contributed by atoms with E-state index in [0.717, 1.165) is 31.6 Å². The fourth-order valence-corrected chi connectivity index (χ4v) is 4.85. The molecule has 2 heterocycles. The molecule has 7 heteroatoms. The van der Waals surface area contributed by atoms with Crippen molar-refractivity contribution in [2.24, 2.45) is 0 Å². The van der Waals surface area contributed by atoms with Gasteiger partial charge in [0.15, 0.2) is 17.0 Å². The lowest BCUT2D eigenvalue weighted by atomic mass is 10.0. The molecule has 3 aromatic carbocycles. The zero-order valence-corrected chi connectivity index (χ0v) is 18.8. The third-order valence-corrected chi connectivity index (χ3v) is 6.44. The first-order valence-electron chi connectivity index (χ1n) is 10.2. The summed E-state index contributed by atoms with van der Waals surface area (Å²) in [5.74, 6) is 1.24. The molecule has 2 aromatic heterocycles. The molecule has 0 amide bonds. The van der Waals surface area contributed by atoms with Crippen molar-refractivity contribution in [1.82, 2.24) is 14.8 Å². The molecule has 5 aromatic rings. The fraction of sp³-hybridized carbons (Fsp3) is 0.160. The van der Waals surface area contributed by atoms with Crippen molar-refractivity contribution in [3.8, 4) is 22.8 Å². The molecule has 0 aliphatic rings. The maximum absolute atomic E-state index is 13.3. The van der Waals surface area contributed by atoms with Gasteiger partial charge in [-0.2, -0.15) is 5.10 Å². The zero-order chi connectivity index (χ0) is 22.2. The van der Waals surface area contributed by atoms with Gasteiger partial charge in [-0.05, 0) is 41.5 Å². The molecule has 0 unspecified atom stereocenters. The van der Waals surface area contributed by atoms with Crippen LogP contribution in [-0.4, -0.2) is 29.0 Å². The Kier molecular flexibility index (Phi) is 5.11. The Hall–Kier alpha value is -3.71. The predicted octanol–water partition coefficient (Wildman–Crippen LogP) is 5.05. The van der Waals surface area contributed by atoms with Crippen LogP contribution in [0.2, 0.25) is 0 Å². The van der Waals surface area contributed by atoms with Gasteiger partial charge >= 0.3 is 0 Å². The number of hydrogen-bond acceptors (Lipinski definition) is 6. The highest BCUT2D eigenvalue weighted by Crippen LogP contribution is 2.35. The first-order chi connectivity index (χ1) is 15.6. The van der Waals surface area contributed by atoms with Crippen molar-refractivity contribution in [2.45, 2.75) is 13.5 Å². The Morgan fingerprint density at radius 1 is 0.969 bits per heavy atom. The van der Waals surface area contributed by atoms with Crippen molar-refractivity contribution in [3.05, 3.63) is 81.6 Å². The largest absolute Gasteiger partial charge is 0.493 e. The molecule has 0 fully saturated rings. The molecule has 160 valence electrons. The van der Waals surface area contributed by atoms with E-state index in [1.165, 1.54) is 16.0 Å². The SMILES string of the molecule is COc1ccc(-c2nn(Cc3cccc4ccccc34)c(=O)c3nc(C)sc23)cc1OC. The monoisotopic (exact) mass is 443 g/mol. The van der Waals surface area contributed by atoms with Crippen LogP contribution in [0.4, 0.5) is 0 Å². The summed E-state index contributed by atoms with van der Waals surface area (Å²) < 4.78 is 13.1. The number of hydrogen-bond donors (Lipinski definition) is 0. The van der Waals surface area contributed by atoms with Gasteiger partial charge in [0.05, 0.1) is 30.5 Å². The Morgan fingerprint density at radius 2 is 1.75 bits per heavy atom. The number of aromatic nitrogens is 3. The van der Waals surface area contributed by atoms with Crippen LogP contribution < -0.4 is 15.0 Å². The molecule has 0 bridgehead atoms. The maximum Gasteiger partial charge on any atom is 0.294 e. The van der Waals surface area contributed by atoms with Crippen LogP contribution >= 0.6 is 11.3 Å². The first-order valence-corrected chi connectivity index (χ1v) is 11.0. The number of methoxy groups -OCH3 is 2. The van der Waals surface area contributed by atoms with Crippen LogP contribution in [0.5, 0.6) is 11.5 Å². The summed E-state index contributed by atoms with van der Waals surface area (Å²) in [6, 6.07) is 19.9. The minimum absolute atomic E-state index is 0.193. The van der Waals surface area contributed by atoms with Gasteiger partial charge < -0.3 is 9.47 Å². The van der Waals surface area contributed by atoms with E-state index >= 15 is 0 Å². The molecular weight excluding hydrogens is 422 g/mol. The number of thiazole rings is 1. The summed E-state index contributed by atoms with van der Waals surface area (Å²) in [4.78, 5) is 17.8. The lowest BCUT2D eigenvalue weighted by molar-refractivity contribution is 0.355. The highest BCUT2D eigenvalue weighted by molar-refractivity contribution is 7.19. The van der Waals surface area contributed by atoms with Crippen molar-refractivity contribution >= 4 is 32.3 Å². The molecular formula is C25H21N3O3S. The molecule has 0 radical (unpaired) electrons. The molecule has 0 saturated carbocycles. The maximum atomic E-state index is 13.3. The summed E-state index contributed by atoms with van der Waals surface area (Å²) in [5, 5.41) is 7.85. The van der Waals surface area contributed by atoms with Crippen LogP contribution in [-0.2, 0) is 6.54 Å². The Labute approximate surface area is 188 Å². The molecule has 0 spiro atoms. The summed E-state index contributed by atoms with van der Waals surface area (Å²) in [6.45, 7) is 2.25. The highest BCUT2D eigenvalue weighted by Gasteiger charge is 2.18. The average molecular weight is 444 g/mol. The van der Waals surface area contributed by atoms with E-state index in [1.807, 2.05) is 49.4 Å². The van der Waals surface area contributed by atoms with E-state index in [9.17, 15) is 4.79 Å². The van der Waals surface area contributed by atoms with Crippen LogP contribution in [0.15, 0.2) is 65.5 Å². The second-order valence-electron chi connectivity index (χ2n) is 7.43. The van der Waals surface area contributed by atoms with Gasteiger partial charge in [-0.1, -0.05) is 42.5 Å². The molecule has 0 atom stereocenters. The highest BCUT2D eigenvalue weighted by atomic mass is 32.1. The smallest absolute Gasteiger partial charge is 0.294 e. The predicted molar refractivity (Wildman–Crippen MR) is 128 cm³/mol. The Morgan fingerprint density at radius 3 is 2.56 bits per heavy atom. The topological polar surface area (TPSA) is 66.2 Å². The van der Waals surface area contributed by atoms with Crippen LogP contribution in [0.25, 0.3) is 32.2 Å². The number of ether oxygens (including phenoxy) is 2. The normalized spacial score (nSPS) is 11.2. The van der Waals surface area contributed by atoms with Gasteiger partial charge in [-0.3, -0.25) is 4.79 Å². The van der Waals surface area contributed by atoms with Gasteiger partial charge in [-0.25, -0.2) is 9.67 Å². The molecule has 0 aliphatic heterocycles. The lowest BCUT2D eigenvalue weighted by Gasteiger charge is -2.12. The summed E-state index contributed by atoms with van der Waals surface area (Å²) in [6.07, 6.45) is 0. The fourth-order valence-electron chi connectivity index (χ4n) is 3.94. The quantitative estimate of drug-likeness (QED) is 0.380. The number of aryl methyl sites for hydroxylation is 1. The number of benzene rings is 3. The van der Waals surface area contributed by atoms with Crippen molar-refractivity contribution in [1.29, 1.82) is 0 Å². The van der Waals surface area contributed by atoms with E-state index in [1.54, 1.807) is 14.2 Å². The summed E-state index contributed by atoms with van der Waals surface area (Å²) >= 11 is 1.47. The number of rotatable bonds is 5. The second-order valence-corrected chi connectivity index (χ2v) is 8.63. The zero-order valence-electron chi connectivity index (χ0n) is 18.0. The van der Waals surface area contributed by atoms with Crippen molar-refractivity contribution in [3.63, 3.8) is 0 Å². The Bertz CT molecular complexity index is 1520. The third kappa shape index (κ3) is 3.40. The summed E-state index contributed by atoms with van der Waals surface area (Å²) in [5.41, 5.74) is 2.81. The van der Waals surface area contributed by atoms with Crippen LogP contribution in [0.3, 0.4) is 0 Å². The minimum Gasteiger partial charge on any atom is -0.493 e. The average Bonchev–Trinajstić information content (AvgIpc) is 3.22. The molecule has 5 rings (SSSR count). The number of nitrogens with zero attached hydrogens (tertiary/aromatic N) is 3. The van der Waals surface area contributed by atoms with Gasteiger partial charge in [-0.15, -0.1) is 11.3 Å². The first kappa shape index (κ1) is 20.2. The van der Waals surface area contributed by atoms with Crippen LogP contribution in [0.1, 0.15) is 10.6 Å². The van der Waals surface area contributed by atoms with Crippen molar-refractivity contribution < 1.29 is 9.47 Å². The van der Waals surface area contributed by atoms with Gasteiger partial charge in [0.25, 0.3) is 5.56 Å². The van der Waals surface area contributed by atoms with E-state index < -0.39 is 0 Å². The third-order valence-electron chi connectivity index (χ3n) is 5.46. The van der Waals surface area contributed by atoms with E-state index in [4.69, 9.17) is 14.6 Å². The summed E-state index contributed by atoms with van der Waals surface area (Å²) in [7, 11) is 3.20. The Balaban J connectivity index is 1.71. The van der Waals surface area contributed by atoms with E-state index in [-0.39, 0.29) is 5.56 Å².